The second-order valence-corrected chi connectivity index (χ2v) is 8.00. The molecule has 1 aliphatic carbocycles. The Hall–Kier alpha value is -0.740. The fourth-order valence-electron chi connectivity index (χ4n) is 3.44. The van der Waals surface area contributed by atoms with Crippen LogP contribution in [0.4, 0.5) is 0 Å². The summed E-state index contributed by atoms with van der Waals surface area (Å²) >= 11 is 3.70. The molecule has 1 saturated heterocycles. The lowest BCUT2D eigenvalue weighted by Gasteiger charge is -2.20. The molecule has 3 heterocycles. The molecule has 0 N–H and O–H groups in total. The van der Waals surface area contributed by atoms with Crippen molar-refractivity contribution in [1.29, 1.82) is 0 Å². The summed E-state index contributed by atoms with van der Waals surface area (Å²) in [5, 5.41) is 0. The molecular weight excluding hydrogens is 286 g/mol. The van der Waals surface area contributed by atoms with Crippen molar-refractivity contribution in [2.24, 2.45) is 0 Å². The van der Waals surface area contributed by atoms with Crippen molar-refractivity contribution in [1.82, 2.24) is 4.90 Å². The van der Waals surface area contributed by atoms with Crippen LogP contribution in [0.15, 0.2) is 4.91 Å². The number of hydrogen-bond acceptors (Lipinski definition) is 3. The van der Waals surface area contributed by atoms with E-state index in [1.807, 2.05) is 16.2 Å². The van der Waals surface area contributed by atoms with E-state index >= 15 is 0 Å². The van der Waals surface area contributed by atoms with E-state index in [-0.39, 0.29) is 5.91 Å². The maximum atomic E-state index is 12.5. The maximum Gasteiger partial charge on any atom is 0.260 e. The quantitative estimate of drug-likeness (QED) is 0.786. The normalized spacial score (nSPS) is 21.4. The molecule has 4 heteroatoms. The van der Waals surface area contributed by atoms with Crippen molar-refractivity contribution in [2.45, 2.75) is 44.3 Å². The predicted molar refractivity (Wildman–Crippen MR) is 86.0 cm³/mol. The molecule has 2 aliphatic heterocycles. The van der Waals surface area contributed by atoms with E-state index in [0.29, 0.717) is 0 Å². The van der Waals surface area contributed by atoms with Gasteiger partial charge in [0.2, 0.25) is 0 Å². The minimum atomic E-state index is 0.268. The maximum absolute atomic E-state index is 12.5. The molecule has 106 valence electrons. The molecule has 2 nitrogen and oxygen atoms in total. The molecule has 4 rings (SSSR count). The van der Waals surface area contributed by atoms with E-state index in [1.54, 1.807) is 22.2 Å². The third-order valence-corrected chi connectivity index (χ3v) is 6.87. The summed E-state index contributed by atoms with van der Waals surface area (Å²) < 4.78 is 0. The number of thioether (sulfide) groups is 1. The lowest BCUT2D eigenvalue weighted by atomic mass is 9.95. The van der Waals surface area contributed by atoms with Gasteiger partial charge in [-0.3, -0.25) is 4.79 Å². The first kappa shape index (κ1) is 13.0. The highest BCUT2D eigenvalue weighted by atomic mass is 32.2. The van der Waals surface area contributed by atoms with Gasteiger partial charge in [0.05, 0.1) is 4.91 Å². The summed E-state index contributed by atoms with van der Waals surface area (Å²) in [6.07, 6.45) is 9.69. The molecule has 1 fully saturated rings. The Balaban J connectivity index is 1.64. The van der Waals surface area contributed by atoms with Gasteiger partial charge in [-0.15, -0.1) is 23.1 Å². The lowest BCUT2D eigenvalue weighted by molar-refractivity contribution is -0.125. The molecule has 0 aromatic carbocycles. The molecule has 1 amide bonds. The van der Waals surface area contributed by atoms with Gasteiger partial charge in [-0.1, -0.05) is 0 Å². The number of amides is 1. The summed E-state index contributed by atoms with van der Waals surface area (Å²) in [4.78, 5) is 18.5. The number of aryl methyl sites for hydroxylation is 1. The van der Waals surface area contributed by atoms with Gasteiger partial charge in [0.25, 0.3) is 5.91 Å². The summed E-state index contributed by atoms with van der Waals surface area (Å²) in [7, 11) is 0. The van der Waals surface area contributed by atoms with Crippen LogP contribution in [0, 0.1) is 0 Å². The third kappa shape index (κ3) is 2.13. The van der Waals surface area contributed by atoms with E-state index in [9.17, 15) is 4.79 Å². The van der Waals surface area contributed by atoms with Gasteiger partial charge in [0.1, 0.15) is 0 Å². The van der Waals surface area contributed by atoms with Gasteiger partial charge in [-0.25, -0.2) is 0 Å². The van der Waals surface area contributed by atoms with Gasteiger partial charge in [0, 0.05) is 28.6 Å². The van der Waals surface area contributed by atoms with E-state index < -0.39 is 0 Å². The van der Waals surface area contributed by atoms with Gasteiger partial charge in [0.15, 0.2) is 0 Å². The van der Waals surface area contributed by atoms with Crippen molar-refractivity contribution < 1.29 is 4.79 Å². The van der Waals surface area contributed by atoms with E-state index in [2.05, 4.69) is 6.08 Å². The van der Waals surface area contributed by atoms with Gasteiger partial charge >= 0.3 is 0 Å². The molecular formula is C16H19NOS2. The Bertz CT molecular complexity index is 582. The number of carbonyl (C=O) groups is 1. The topological polar surface area (TPSA) is 20.3 Å². The Labute approximate surface area is 128 Å². The minimum Gasteiger partial charge on any atom is -0.338 e. The van der Waals surface area contributed by atoms with E-state index in [1.165, 1.54) is 49.0 Å². The number of likely N-dealkylation sites (tertiary alicyclic amines) is 1. The largest absolute Gasteiger partial charge is 0.338 e. The van der Waals surface area contributed by atoms with Crippen LogP contribution >= 0.6 is 23.1 Å². The Morgan fingerprint density at radius 2 is 1.85 bits per heavy atom. The molecule has 0 saturated carbocycles. The third-order valence-electron chi connectivity index (χ3n) is 4.55. The molecule has 3 aliphatic rings. The van der Waals surface area contributed by atoms with Crippen molar-refractivity contribution in [2.75, 3.05) is 13.1 Å². The SMILES string of the molecule is O=C(C1=Cc2sc3c(c2CS1)CCCC3)N1CCCC1. The molecule has 0 atom stereocenters. The Morgan fingerprint density at radius 3 is 2.70 bits per heavy atom. The van der Waals surface area contributed by atoms with Crippen LogP contribution in [-0.2, 0) is 23.4 Å². The Morgan fingerprint density at radius 1 is 1.05 bits per heavy atom. The molecule has 1 aromatic heterocycles. The van der Waals surface area contributed by atoms with Gasteiger partial charge in [-0.05, 0) is 55.7 Å². The Kier molecular flexibility index (Phi) is 3.39. The fourth-order valence-corrected chi connectivity index (χ4v) is 6.04. The van der Waals surface area contributed by atoms with Crippen LogP contribution < -0.4 is 0 Å². The standard InChI is InChI=1S/C16H19NOS2/c18-16(17-7-3-4-8-17)15-9-14-12(10-19-15)11-5-1-2-6-13(11)20-14/h9H,1-8,10H2. The molecule has 1 aromatic rings. The molecule has 0 radical (unpaired) electrons. The smallest absolute Gasteiger partial charge is 0.260 e. The van der Waals surface area contributed by atoms with Crippen LogP contribution in [0.1, 0.15) is 46.6 Å². The van der Waals surface area contributed by atoms with Gasteiger partial charge < -0.3 is 4.90 Å². The number of fused-ring (bicyclic) bond motifs is 3. The van der Waals surface area contributed by atoms with Crippen LogP contribution in [0.5, 0.6) is 0 Å². The van der Waals surface area contributed by atoms with Crippen molar-refractivity contribution >= 4 is 35.1 Å². The van der Waals surface area contributed by atoms with Crippen molar-refractivity contribution in [3.8, 4) is 0 Å². The first-order valence-corrected chi connectivity index (χ1v) is 9.40. The van der Waals surface area contributed by atoms with Crippen LogP contribution in [0.25, 0.3) is 6.08 Å². The molecule has 0 spiro atoms. The van der Waals surface area contributed by atoms with Gasteiger partial charge in [-0.2, -0.15) is 0 Å². The second-order valence-electron chi connectivity index (χ2n) is 5.85. The lowest BCUT2D eigenvalue weighted by Crippen LogP contribution is -2.28. The summed E-state index contributed by atoms with van der Waals surface area (Å²) in [6.45, 7) is 1.90. The molecule has 0 unspecified atom stereocenters. The average Bonchev–Trinajstić information content (AvgIpc) is 3.13. The highest BCUT2D eigenvalue weighted by molar-refractivity contribution is 8.03. The van der Waals surface area contributed by atoms with Crippen molar-refractivity contribution in [3.05, 3.63) is 25.8 Å². The molecule has 20 heavy (non-hydrogen) atoms. The first-order valence-electron chi connectivity index (χ1n) is 7.60. The van der Waals surface area contributed by atoms with E-state index in [4.69, 9.17) is 0 Å². The fraction of sp³-hybridized carbons (Fsp3) is 0.562. The van der Waals surface area contributed by atoms with Crippen LogP contribution in [-0.4, -0.2) is 23.9 Å². The monoisotopic (exact) mass is 305 g/mol. The average molecular weight is 305 g/mol. The predicted octanol–water partition coefficient (Wildman–Crippen LogP) is 3.84. The highest BCUT2D eigenvalue weighted by Crippen LogP contribution is 2.43. The summed E-state index contributed by atoms with van der Waals surface area (Å²) in [6, 6.07) is 0. The first-order chi connectivity index (χ1) is 9.83. The summed E-state index contributed by atoms with van der Waals surface area (Å²) in [5.74, 6) is 1.27. The zero-order chi connectivity index (χ0) is 13.5. The highest BCUT2D eigenvalue weighted by Gasteiger charge is 2.27. The second kappa shape index (κ2) is 5.23. The zero-order valence-electron chi connectivity index (χ0n) is 11.6. The van der Waals surface area contributed by atoms with Crippen LogP contribution in [0.2, 0.25) is 0 Å². The zero-order valence-corrected chi connectivity index (χ0v) is 13.2. The summed E-state index contributed by atoms with van der Waals surface area (Å²) in [5.41, 5.74) is 3.15. The minimum absolute atomic E-state index is 0.268. The molecule has 0 bridgehead atoms. The number of hydrogen-bond donors (Lipinski definition) is 0. The van der Waals surface area contributed by atoms with Crippen molar-refractivity contribution in [3.63, 3.8) is 0 Å². The number of rotatable bonds is 1. The number of thiophene rings is 1. The van der Waals surface area contributed by atoms with Crippen LogP contribution in [0.3, 0.4) is 0 Å². The van der Waals surface area contributed by atoms with E-state index in [0.717, 1.165) is 23.7 Å². The number of nitrogens with zero attached hydrogens (tertiary/aromatic N) is 1. The number of carbonyl (C=O) groups excluding carboxylic acids is 1.